The molecule has 1 aromatic heterocycles. The van der Waals surface area contributed by atoms with Crippen molar-refractivity contribution >= 4 is 11.6 Å². The SMILES string of the molecule is Cc1nocc1C(=O)N1CCN(c2ccccc2F)CC1. The number of aryl methyl sites for hydroxylation is 1. The summed E-state index contributed by atoms with van der Waals surface area (Å²) < 4.78 is 18.6. The first-order valence-electron chi connectivity index (χ1n) is 6.86. The Morgan fingerprint density at radius 2 is 1.95 bits per heavy atom. The molecule has 1 aromatic carbocycles. The monoisotopic (exact) mass is 289 g/mol. The second-order valence-electron chi connectivity index (χ2n) is 5.04. The van der Waals surface area contributed by atoms with Crippen LogP contribution in [0.2, 0.25) is 0 Å². The molecule has 21 heavy (non-hydrogen) atoms. The highest BCUT2D eigenvalue weighted by atomic mass is 19.1. The molecule has 0 aliphatic carbocycles. The molecule has 0 unspecified atom stereocenters. The van der Waals surface area contributed by atoms with Gasteiger partial charge >= 0.3 is 0 Å². The largest absolute Gasteiger partial charge is 0.366 e. The van der Waals surface area contributed by atoms with E-state index in [0.29, 0.717) is 43.1 Å². The third kappa shape index (κ3) is 2.61. The minimum atomic E-state index is -0.229. The molecule has 0 atom stereocenters. The minimum Gasteiger partial charge on any atom is -0.366 e. The zero-order valence-electron chi connectivity index (χ0n) is 11.8. The van der Waals surface area contributed by atoms with E-state index >= 15 is 0 Å². The molecule has 5 nitrogen and oxygen atoms in total. The first-order chi connectivity index (χ1) is 10.2. The van der Waals surface area contributed by atoms with Gasteiger partial charge < -0.3 is 14.3 Å². The van der Waals surface area contributed by atoms with Crippen LogP contribution in [-0.2, 0) is 0 Å². The van der Waals surface area contributed by atoms with E-state index in [9.17, 15) is 9.18 Å². The van der Waals surface area contributed by atoms with Gasteiger partial charge in [0.15, 0.2) is 0 Å². The number of halogens is 1. The number of aromatic nitrogens is 1. The Morgan fingerprint density at radius 1 is 1.24 bits per heavy atom. The van der Waals surface area contributed by atoms with Crippen LogP contribution in [0.5, 0.6) is 0 Å². The second kappa shape index (κ2) is 5.55. The van der Waals surface area contributed by atoms with E-state index in [1.165, 1.54) is 12.3 Å². The van der Waals surface area contributed by atoms with Gasteiger partial charge in [0.2, 0.25) is 0 Å². The highest BCUT2D eigenvalue weighted by Crippen LogP contribution is 2.21. The van der Waals surface area contributed by atoms with Crippen LogP contribution in [-0.4, -0.2) is 42.1 Å². The summed E-state index contributed by atoms with van der Waals surface area (Å²) in [5, 5.41) is 3.72. The Hall–Kier alpha value is -2.37. The molecular formula is C15H16FN3O2. The van der Waals surface area contributed by atoms with E-state index in [-0.39, 0.29) is 11.7 Å². The molecular weight excluding hydrogens is 273 g/mol. The average molecular weight is 289 g/mol. The van der Waals surface area contributed by atoms with Crippen molar-refractivity contribution < 1.29 is 13.7 Å². The highest BCUT2D eigenvalue weighted by molar-refractivity contribution is 5.95. The number of hydrogen-bond donors (Lipinski definition) is 0. The van der Waals surface area contributed by atoms with Crippen molar-refractivity contribution in [1.29, 1.82) is 0 Å². The van der Waals surface area contributed by atoms with E-state index in [1.54, 1.807) is 24.0 Å². The summed E-state index contributed by atoms with van der Waals surface area (Å²) in [5.74, 6) is -0.311. The summed E-state index contributed by atoms with van der Waals surface area (Å²) in [6, 6.07) is 6.70. The van der Waals surface area contributed by atoms with Crippen LogP contribution in [0.4, 0.5) is 10.1 Å². The second-order valence-corrected chi connectivity index (χ2v) is 5.04. The number of hydrogen-bond acceptors (Lipinski definition) is 4. The van der Waals surface area contributed by atoms with Crippen molar-refractivity contribution in [1.82, 2.24) is 10.1 Å². The molecule has 1 aliphatic rings. The summed E-state index contributed by atoms with van der Waals surface area (Å²) in [4.78, 5) is 16.0. The maximum Gasteiger partial charge on any atom is 0.259 e. The van der Waals surface area contributed by atoms with E-state index in [4.69, 9.17) is 4.52 Å². The Kier molecular flexibility index (Phi) is 3.60. The molecule has 0 radical (unpaired) electrons. The fourth-order valence-corrected chi connectivity index (χ4v) is 2.53. The van der Waals surface area contributed by atoms with Gasteiger partial charge in [-0.25, -0.2) is 4.39 Å². The molecule has 1 aliphatic heterocycles. The summed E-state index contributed by atoms with van der Waals surface area (Å²) in [6.07, 6.45) is 1.38. The van der Waals surface area contributed by atoms with Crippen LogP contribution in [0.1, 0.15) is 16.1 Å². The first-order valence-corrected chi connectivity index (χ1v) is 6.86. The number of para-hydroxylation sites is 1. The van der Waals surface area contributed by atoms with Gasteiger partial charge in [0, 0.05) is 26.2 Å². The van der Waals surface area contributed by atoms with Gasteiger partial charge in [0.1, 0.15) is 17.6 Å². The maximum atomic E-state index is 13.8. The Balaban J connectivity index is 1.67. The topological polar surface area (TPSA) is 49.6 Å². The van der Waals surface area contributed by atoms with Crippen molar-refractivity contribution in [3.8, 4) is 0 Å². The molecule has 0 N–H and O–H groups in total. The number of piperazine rings is 1. The molecule has 6 heteroatoms. The van der Waals surface area contributed by atoms with Gasteiger partial charge in [-0.2, -0.15) is 0 Å². The predicted molar refractivity (Wildman–Crippen MR) is 75.8 cm³/mol. The zero-order valence-corrected chi connectivity index (χ0v) is 11.8. The van der Waals surface area contributed by atoms with Gasteiger partial charge in [-0.3, -0.25) is 4.79 Å². The fraction of sp³-hybridized carbons (Fsp3) is 0.333. The van der Waals surface area contributed by atoms with Gasteiger partial charge in [0.05, 0.1) is 11.4 Å². The molecule has 3 rings (SSSR count). The third-order valence-corrected chi connectivity index (χ3v) is 3.74. The Bertz CT molecular complexity index is 648. The molecule has 0 bridgehead atoms. The standard InChI is InChI=1S/C15H16FN3O2/c1-11-12(10-21-17-11)15(20)19-8-6-18(7-9-19)14-5-3-2-4-13(14)16/h2-5,10H,6-9H2,1H3. The van der Waals surface area contributed by atoms with Crippen molar-refractivity contribution in [2.24, 2.45) is 0 Å². The number of anilines is 1. The van der Waals surface area contributed by atoms with Crippen LogP contribution >= 0.6 is 0 Å². The first kappa shape index (κ1) is 13.6. The van der Waals surface area contributed by atoms with Crippen molar-refractivity contribution in [2.45, 2.75) is 6.92 Å². The molecule has 1 amide bonds. The summed E-state index contributed by atoms with van der Waals surface area (Å²) in [5.41, 5.74) is 1.68. The summed E-state index contributed by atoms with van der Waals surface area (Å²) in [6.45, 7) is 4.07. The molecule has 2 heterocycles. The van der Waals surface area contributed by atoms with Crippen LogP contribution in [0, 0.1) is 12.7 Å². The lowest BCUT2D eigenvalue weighted by Gasteiger charge is -2.36. The summed E-state index contributed by atoms with van der Waals surface area (Å²) in [7, 11) is 0. The number of nitrogens with zero attached hydrogens (tertiary/aromatic N) is 3. The zero-order chi connectivity index (χ0) is 14.8. The van der Waals surface area contributed by atoms with Crippen molar-refractivity contribution in [2.75, 3.05) is 31.1 Å². The van der Waals surface area contributed by atoms with Gasteiger partial charge in [0.25, 0.3) is 5.91 Å². The lowest BCUT2D eigenvalue weighted by Crippen LogP contribution is -2.49. The van der Waals surface area contributed by atoms with Crippen LogP contribution in [0.25, 0.3) is 0 Å². The minimum absolute atomic E-state index is 0.0815. The van der Waals surface area contributed by atoms with Crippen molar-refractivity contribution in [3.63, 3.8) is 0 Å². The molecule has 0 saturated carbocycles. The Morgan fingerprint density at radius 3 is 2.57 bits per heavy atom. The lowest BCUT2D eigenvalue weighted by atomic mass is 10.2. The molecule has 110 valence electrons. The van der Waals surface area contributed by atoms with E-state index in [1.807, 2.05) is 11.0 Å². The van der Waals surface area contributed by atoms with E-state index in [0.717, 1.165) is 0 Å². The smallest absolute Gasteiger partial charge is 0.259 e. The number of rotatable bonds is 2. The van der Waals surface area contributed by atoms with Gasteiger partial charge in [-0.1, -0.05) is 17.3 Å². The Labute approximate surface area is 121 Å². The lowest BCUT2D eigenvalue weighted by molar-refractivity contribution is 0.0745. The predicted octanol–water partition coefficient (Wildman–Crippen LogP) is 2.08. The van der Waals surface area contributed by atoms with Crippen molar-refractivity contribution in [3.05, 3.63) is 47.6 Å². The number of carbonyl (C=O) groups excluding carboxylic acids is 1. The normalized spacial score (nSPS) is 15.3. The molecule has 1 saturated heterocycles. The quantitative estimate of drug-likeness (QED) is 0.849. The summed E-state index contributed by atoms with van der Waals surface area (Å²) >= 11 is 0. The maximum absolute atomic E-state index is 13.8. The fourth-order valence-electron chi connectivity index (χ4n) is 2.53. The number of benzene rings is 1. The number of amides is 1. The van der Waals surface area contributed by atoms with Crippen LogP contribution in [0.3, 0.4) is 0 Å². The van der Waals surface area contributed by atoms with Gasteiger partial charge in [-0.05, 0) is 19.1 Å². The molecule has 2 aromatic rings. The highest BCUT2D eigenvalue weighted by Gasteiger charge is 2.25. The average Bonchev–Trinajstić information content (AvgIpc) is 2.93. The number of carbonyl (C=O) groups is 1. The third-order valence-electron chi connectivity index (χ3n) is 3.74. The molecule has 1 fully saturated rings. The van der Waals surface area contributed by atoms with E-state index in [2.05, 4.69) is 5.16 Å². The molecule has 0 spiro atoms. The van der Waals surface area contributed by atoms with E-state index < -0.39 is 0 Å². The van der Waals surface area contributed by atoms with Crippen LogP contribution < -0.4 is 4.90 Å². The van der Waals surface area contributed by atoms with Gasteiger partial charge in [-0.15, -0.1) is 0 Å². The van der Waals surface area contributed by atoms with Crippen LogP contribution in [0.15, 0.2) is 35.1 Å².